The first-order valence-corrected chi connectivity index (χ1v) is 9.59. The molecule has 6 heteroatoms. The number of carbonyl (C=O) groups excluding carboxylic acids is 1. The highest BCUT2D eigenvalue weighted by Crippen LogP contribution is 2.32. The molecule has 31 heavy (non-hydrogen) atoms. The number of carbonyl (C=O) groups is 1. The normalized spacial score (nSPS) is 10.5. The van der Waals surface area contributed by atoms with Crippen LogP contribution in [0.25, 0.3) is 22.5 Å². The SMILES string of the molecule is N=C(N)c1c(N)cc(-c2cccc(C=O)c2)nc1-c1ccc(Oc2ccccc2)cc1. The van der Waals surface area contributed by atoms with Gasteiger partial charge in [-0.25, -0.2) is 4.98 Å². The molecular formula is C25H20N4O2. The summed E-state index contributed by atoms with van der Waals surface area (Å²) in [6.45, 7) is 0. The summed E-state index contributed by atoms with van der Waals surface area (Å²) in [5.74, 6) is 1.24. The van der Waals surface area contributed by atoms with Gasteiger partial charge in [0.25, 0.3) is 0 Å². The van der Waals surface area contributed by atoms with E-state index in [9.17, 15) is 4.79 Å². The lowest BCUT2D eigenvalue weighted by Gasteiger charge is -2.14. The molecule has 1 aromatic heterocycles. The van der Waals surface area contributed by atoms with Crippen molar-refractivity contribution in [3.63, 3.8) is 0 Å². The quantitative estimate of drug-likeness (QED) is 0.239. The van der Waals surface area contributed by atoms with Gasteiger partial charge in [0.1, 0.15) is 23.6 Å². The summed E-state index contributed by atoms with van der Waals surface area (Å²) in [7, 11) is 0. The van der Waals surface area contributed by atoms with Crippen LogP contribution in [0.3, 0.4) is 0 Å². The first-order valence-electron chi connectivity index (χ1n) is 9.59. The van der Waals surface area contributed by atoms with Crippen molar-refractivity contribution in [1.82, 2.24) is 4.98 Å². The standard InChI is InChI=1S/C25H20N4O2/c26-21-14-22(18-6-4-5-16(13-18)15-30)29-24(23(21)25(27)28)17-9-11-20(12-10-17)31-19-7-2-1-3-8-19/h1-15H,(H2,26,29)(H3,27,28). The minimum Gasteiger partial charge on any atom is -0.457 e. The molecular weight excluding hydrogens is 388 g/mol. The third kappa shape index (κ3) is 4.28. The number of ether oxygens (including phenoxy) is 1. The van der Waals surface area contributed by atoms with Crippen molar-refractivity contribution in [3.05, 3.63) is 96.1 Å². The van der Waals surface area contributed by atoms with Crippen LogP contribution in [0, 0.1) is 5.41 Å². The van der Waals surface area contributed by atoms with E-state index in [4.69, 9.17) is 26.6 Å². The molecule has 6 nitrogen and oxygen atoms in total. The van der Waals surface area contributed by atoms with Crippen molar-refractivity contribution >= 4 is 17.8 Å². The Bertz CT molecular complexity index is 1250. The molecule has 0 aliphatic rings. The van der Waals surface area contributed by atoms with Crippen molar-refractivity contribution in [1.29, 1.82) is 5.41 Å². The highest BCUT2D eigenvalue weighted by molar-refractivity contribution is 6.06. The molecule has 5 N–H and O–H groups in total. The van der Waals surface area contributed by atoms with Gasteiger partial charge in [0.15, 0.2) is 0 Å². The van der Waals surface area contributed by atoms with Crippen LogP contribution in [0.15, 0.2) is 84.9 Å². The lowest BCUT2D eigenvalue weighted by atomic mass is 10.00. The Morgan fingerprint density at radius 1 is 0.871 bits per heavy atom. The molecule has 0 aliphatic heterocycles. The fourth-order valence-electron chi connectivity index (χ4n) is 3.28. The largest absolute Gasteiger partial charge is 0.457 e. The highest BCUT2D eigenvalue weighted by atomic mass is 16.5. The Balaban J connectivity index is 1.76. The van der Waals surface area contributed by atoms with Gasteiger partial charge in [0.05, 0.1) is 17.0 Å². The molecule has 0 fully saturated rings. The van der Waals surface area contributed by atoms with Gasteiger partial charge in [-0.3, -0.25) is 10.2 Å². The van der Waals surface area contributed by atoms with Gasteiger partial charge in [-0.1, -0.05) is 36.4 Å². The second-order valence-electron chi connectivity index (χ2n) is 6.92. The van der Waals surface area contributed by atoms with Crippen LogP contribution in [0.5, 0.6) is 11.5 Å². The third-order valence-electron chi connectivity index (χ3n) is 4.74. The Morgan fingerprint density at radius 2 is 1.58 bits per heavy atom. The fraction of sp³-hybridized carbons (Fsp3) is 0. The van der Waals surface area contributed by atoms with Gasteiger partial charge >= 0.3 is 0 Å². The molecule has 0 bridgehead atoms. The summed E-state index contributed by atoms with van der Waals surface area (Å²) >= 11 is 0. The molecule has 0 saturated heterocycles. The van der Waals surface area contributed by atoms with Crippen LogP contribution in [-0.4, -0.2) is 17.1 Å². The van der Waals surface area contributed by atoms with Crippen LogP contribution in [0.4, 0.5) is 5.69 Å². The maximum atomic E-state index is 11.2. The van der Waals surface area contributed by atoms with Gasteiger partial charge in [-0.15, -0.1) is 0 Å². The van der Waals surface area contributed by atoms with E-state index in [0.29, 0.717) is 34.0 Å². The van der Waals surface area contributed by atoms with E-state index < -0.39 is 0 Å². The number of para-hydroxylation sites is 1. The molecule has 4 rings (SSSR count). The Labute approximate surface area is 179 Å². The zero-order valence-corrected chi connectivity index (χ0v) is 16.6. The number of aromatic nitrogens is 1. The van der Waals surface area contributed by atoms with Gasteiger partial charge in [0.2, 0.25) is 0 Å². The maximum absolute atomic E-state index is 11.2. The number of anilines is 1. The van der Waals surface area contributed by atoms with Crippen LogP contribution in [0.1, 0.15) is 15.9 Å². The minimum absolute atomic E-state index is 0.169. The van der Waals surface area contributed by atoms with Crippen molar-refractivity contribution in [3.8, 4) is 34.0 Å². The average Bonchev–Trinajstić information content (AvgIpc) is 2.79. The van der Waals surface area contributed by atoms with Gasteiger partial charge in [-0.2, -0.15) is 0 Å². The summed E-state index contributed by atoms with van der Waals surface area (Å²) in [5.41, 5.74) is 15.9. The molecule has 0 amide bonds. The smallest absolute Gasteiger partial charge is 0.150 e. The monoisotopic (exact) mass is 408 g/mol. The molecule has 0 unspecified atom stereocenters. The van der Waals surface area contributed by atoms with E-state index in [2.05, 4.69) is 0 Å². The van der Waals surface area contributed by atoms with E-state index in [1.165, 1.54) is 0 Å². The number of amidine groups is 1. The molecule has 0 atom stereocenters. The van der Waals surface area contributed by atoms with Crippen molar-refractivity contribution in [2.45, 2.75) is 0 Å². The number of nitrogens with one attached hydrogen (secondary N) is 1. The number of aldehydes is 1. The van der Waals surface area contributed by atoms with E-state index in [0.717, 1.165) is 23.2 Å². The molecule has 3 aromatic carbocycles. The van der Waals surface area contributed by atoms with Crippen molar-refractivity contribution in [2.75, 3.05) is 5.73 Å². The van der Waals surface area contributed by atoms with E-state index in [1.54, 1.807) is 24.3 Å². The number of hydrogen-bond acceptors (Lipinski definition) is 5. The highest BCUT2D eigenvalue weighted by Gasteiger charge is 2.16. The van der Waals surface area contributed by atoms with E-state index in [1.807, 2.05) is 60.7 Å². The zero-order chi connectivity index (χ0) is 21.8. The van der Waals surface area contributed by atoms with Gasteiger partial charge in [0, 0.05) is 22.4 Å². The summed E-state index contributed by atoms with van der Waals surface area (Å²) in [6.07, 6.45) is 0.781. The molecule has 4 aromatic rings. The molecule has 0 spiro atoms. The molecule has 152 valence electrons. The second kappa shape index (κ2) is 8.51. The van der Waals surface area contributed by atoms with Crippen LogP contribution < -0.4 is 16.2 Å². The Morgan fingerprint density at radius 3 is 2.26 bits per heavy atom. The van der Waals surface area contributed by atoms with Crippen molar-refractivity contribution < 1.29 is 9.53 Å². The Kier molecular flexibility index (Phi) is 5.45. The number of rotatable bonds is 6. The predicted octanol–water partition coefficient (Wildman–Crippen LogP) is 4.89. The second-order valence-corrected chi connectivity index (χ2v) is 6.92. The first kappa shape index (κ1) is 19.8. The van der Waals surface area contributed by atoms with Crippen LogP contribution in [0.2, 0.25) is 0 Å². The fourth-order valence-corrected chi connectivity index (χ4v) is 3.28. The Hall–Kier alpha value is -4.45. The average molecular weight is 408 g/mol. The molecule has 0 radical (unpaired) electrons. The third-order valence-corrected chi connectivity index (χ3v) is 4.74. The summed E-state index contributed by atoms with van der Waals surface area (Å²) in [6, 6.07) is 25.6. The molecule has 1 heterocycles. The van der Waals surface area contributed by atoms with Crippen LogP contribution >= 0.6 is 0 Å². The molecule has 0 saturated carbocycles. The number of nitrogens with two attached hydrogens (primary N) is 2. The van der Waals surface area contributed by atoms with Crippen molar-refractivity contribution in [2.24, 2.45) is 5.73 Å². The predicted molar refractivity (Wildman–Crippen MR) is 122 cm³/mol. The number of nitrogens with zero attached hydrogens (tertiary/aromatic N) is 1. The first-order chi connectivity index (χ1) is 15.0. The molecule has 0 aliphatic carbocycles. The number of hydrogen-bond donors (Lipinski definition) is 3. The van der Waals surface area contributed by atoms with Gasteiger partial charge < -0.3 is 16.2 Å². The lowest BCUT2D eigenvalue weighted by Crippen LogP contribution is -2.16. The summed E-state index contributed by atoms with van der Waals surface area (Å²) < 4.78 is 5.84. The summed E-state index contributed by atoms with van der Waals surface area (Å²) in [5, 5.41) is 7.98. The zero-order valence-electron chi connectivity index (χ0n) is 16.6. The maximum Gasteiger partial charge on any atom is 0.150 e. The van der Waals surface area contributed by atoms with Gasteiger partial charge in [-0.05, 0) is 48.5 Å². The lowest BCUT2D eigenvalue weighted by molar-refractivity contribution is 0.112. The number of pyridine rings is 1. The van der Waals surface area contributed by atoms with E-state index >= 15 is 0 Å². The number of nitrogen functional groups attached to an aromatic ring is 2. The summed E-state index contributed by atoms with van der Waals surface area (Å²) in [4.78, 5) is 15.9. The topological polar surface area (TPSA) is 115 Å². The minimum atomic E-state index is -0.169. The van der Waals surface area contributed by atoms with Crippen LogP contribution in [-0.2, 0) is 0 Å². The van der Waals surface area contributed by atoms with E-state index in [-0.39, 0.29) is 5.84 Å². The number of benzene rings is 3.